The predicted octanol–water partition coefficient (Wildman–Crippen LogP) is -0.240. The summed E-state index contributed by atoms with van der Waals surface area (Å²) in [5, 5.41) is 3.35. The molecular weight excluding hydrogens is 190 g/mol. The molecule has 2 saturated heterocycles. The van der Waals surface area contributed by atoms with E-state index in [1.54, 1.807) is 0 Å². The number of hydrogen-bond donors (Lipinski definition) is 1. The highest BCUT2D eigenvalue weighted by atomic mass is 16.2. The first-order valence-corrected chi connectivity index (χ1v) is 6.00. The molecule has 2 heterocycles. The fraction of sp³-hybridized carbons (Fsp3) is 0.909. The highest BCUT2D eigenvalue weighted by Gasteiger charge is 2.26. The van der Waals surface area contributed by atoms with E-state index in [0.29, 0.717) is 18.4 Å². The van der Waals surface area contributed by atoms with Gasteiger partial charge in [-0.1, -0.05) is 6.92 Å². The lowest BCUT2D eigenvalue weighted by Crippen LogP contribution is -2.51. The van der Waals surface area contributed by atoms with Crippen LogP contribution in [0.3, 0.4) is 0 Å². The fourth-order valence-corrected chi connectivity index (χ4v) is 2.40. The number of hydrogen-bond acceptors (Lipinski definition) is 3. The lowest BCUT2D eigenvalue weighted by molar-refractivity contribution is -0.136. The van der Waals surface area contributed by atoms with E-state index in [0.717, 1.165) is 39.3 Å². The van der Waals surface area contributed by atoms with Crippen molar-refractivity contribution in [3.8, 4) is 0 Å². The Morgan fingerprint density at radius 1 is 1.47 bits per heavy atom. The molecule has 0 aromatic carbocycles. The third-order valence-corrected chi connectivity index (χ3v) is 3.49. The van der Waals surface area contributed by atoms with Crippen molar-refractivity contribution in [2.24, 2.45) is 5.92 Å². The van der Waals surface area contributed by atoms with Gasteiger partial charge in [-0.05, 0) is 32.0 Å². The Morgan fingerprint density at radius 2 is 2.33 bits per heavy atom. The summed E-state index contributed by atoms with van der Waals surface area (Å²) >= 11 is 0. The molecule has 15 heavy (non-hydrogen) atoms. The van der Waals surface area contributed by atoms with Gasteiger partial charge in [0.05, 0.1) is 6.54 Å². The molecule has 4 nitrogen and oxygen atoms in total. The minimum Gasteiger partial charge on any atom is -0.340 e. The van der Waals surface area contributed by atoms with Crippen molar-refractivity contribution in [3.63, 3.8) is 0 Å². The molecule has 86 valence electrons. The van der Waals surface area contributed by atoms with Crippen molar-refractivity contribution in [3.05, 3.63) is 0 Å². The predicted molar refractivity (Wildman–Crippen MR) is 59.7 cm³/mol. The molecule has 0 aromatic heterocycles. The molecule has 2 rings (SSSR count). The number of amides is 1. The van der Waals surface area contributed by atoms with Gasteiger partial charge in [-0.15, -0.1) is 0 Å². The monoisotopic (exact) mass is 211 g/mol. The molecule has 2 aliphatic rings. The number of rotatable bonds is 3. The third kappa shape index (κ3) is 2.69. The molecule has 1 amide bonds. The first kappa shape index (κ1) is 10.9. The normalized spacial score (nSPS) is 28.7. The van der Waals surface area contributed by atoms with Crippen LogP contribution in [-0.4, -0.2) is 61.5 Å². The molecule has 2 aliphatic heterocycles. The molecule has 0 radical (unpaired) electrons. The van der Waals surface area contributed by atoms with Gasteiger partial charge < -0.3 is 10.2 Å². The van der Waals surface area contributed by atoms with Gasteiger partial charge in [0.15, 0.2) is 0 Å². The second kappa shape index (κ2) is 4.94. The molecule has 4 heteroatoms. The van der Waals surface area contributed by atoms with Gasteiger partial charge in [-0.3, -0.25) is 9.69 Å². The molecule has 2 fully saturated rings. The van der Waals surface area contributed by atoms with Crippen molar-refractivity contribution in [2.45, 2.75) is 13.3 Å². The maximum absolute atomic E-state index is 11.8. The van der Waals surface area contributed by atoms with E-state index in [1.165, 1.54) is 6.42 Å². The van der Waals surface area contributed by atoms with E-state index in [-0.39, 0.29) is 0 Å². The van der Waals surface area contributed by atoms with Crippen molar-refractivity contribution in [1.82, 2.24) is 15.1 Å². The van der Waals surface area contributed by atoms with Crippen molar-refractivity contribution < 1.29 is 4.79 Å². The van der Waals surface area contributed by atoms with E-state index in [1.807, 2.05) is 4.90 Å². The minimum absolute atomic E-state index is 0.315. The number of nitrogens with one attached hydrogen (secondary N) is 1. The zero-order chi connectivity index (χ0) is 10.7. The first-order valence-electron chi connectivity index (χ1n) is 6.00. The van der Waals surface area contributed by atoms with Gasteiger partial charge in [-0.25, -0.2) is 0 Å². The molecular formula is C11H21N3O. The summed E-state index contributed by atoms with van der Waals surface area (Å²) in [6, 6.07) is 0. The zero-order valence-electron chi connectivity index (χ0n) is 9.54. The van der Waals surface area contributed by atoms with Crippen LogP contribution < -0.4 is 5.32 Å². The largest absolute Gasteiger partial charge is 0.340 e. The quantitative estimate of drug-likeness (QED) is 0.700. The molecule has 1 unspecified atom stereocenters. The highest BCUT2D eigenvalue weighted by Crippen LogP contribution is 2.12. The van der Waals surface area contributed by atoms with E-state index in [2.05, 4.69) is 17.1 Å². The minimum atomic E-state index is 0.315. The molecule has 0 aliphatic carbocycles. The van der Waals surface area contributed by atoms with Crippen molar-refractivity contribution in [1.29, 1.82) is 0 Å². The van der Waals surface area contributed by atoms with Crippen LogP contribution in [0.25, 0.3) is 0 Å². The average molecular weight is 211 g/mol. The number of piperazine rings is 1. The molecule has 0 spiro atoms. The number of carbonyl (C=O) groups is 1. The summed E-state index contributed by atoms with van der Waals surface area (Å²) in [6.07, 6.45) is 1.22. The van der Waals surface area contributed by atoms with Crippen LogP contribution in [0.5, 0.6) is 0 Å². The van der Waals surface area contributed by atoms with Crippen LogP contribution >= 0.6 is 0 Å². The van der Waals surface area contributed by atoms with E-state index in [4.69, 9.17) is 0 Å². The van der Waals surface area contributed by atoms with Crippen molar-refractivity contribution in [2.75, 3.05) is 45.8 Å². The third-order valence-electron chi connectivity index (χ3n) is 3.49. The number of nitrogens with zero attached hydrogens (tertiary/aromatic N) is 2. The van der Waals surface area contributed by atoms with Crippen LogP contribution in [0.1, 0.15) is 13.3 Å². The summed E-state index contributed by atoms with van der Waals surface area (Å²) in [5.41, 5.74) is 0. The highest BCUT2D eigenvalue weighted by molar-refractivity contribution is 5.79. The number of likely N-dealkylation sites (N-methyl/N-ethyl adjacent to an activating group) is 1. The summed E-state index contributed by atoms with van der Waals surface area (Å²) in [5.74, 6) is 0.997. The Labute approximate surface area is 91.6 Å². The van der Waals surface area contributed by atoms with Gasteiger partial charge in [-0.2, -0.15) is 0 Å². The average Bonchev–Trinajstić information content (AvgIpc) is 2.74. The Balaban J connectivity index is 1.80. The van der Waals surface area contributed by atoms with Gasteiger partial charge in [0.1, 0.15) is 0 Å². The Kier molecular flexibility index (Phi) is 3.59. The van der Waals surface area contributed by atoms with Crippen molar-refractivity contribution >= 4 is 5.91 Å². The Morgan fingerprint density at radius 3 is 2.93 bits per heavy atom. The lowest BCUT2D eigenvalue weighted by atomic mass is 10.1. The lowest BCUT2D eigenvalue weighted by Gasteiger charge is -2.34. The molecule has 1 atom stereocenters. The molecule has 0 aromatic rings. The molecule has 0 saturated carbocycles. The summed E-state index contributed by atoms with van der Waals surface area (Å²) in [6.45, 7) is 8.86. The SMILES string of the molecule is CCN1CCN(CC2CCNC2)C(=O)C1. The molecule has 1 N–H and O–H groups in total. The maximum atomic E-state index is 11.8. The van der Waals surface area contributed by atoms with Crippen LogP contribution in [0.15, 0.2) is 0 Å². The van der Waals surface area contributed by atoms with Gasteiger partial charge >= 0.3 is 0 Å². The first-order chi connectivity index (χ1) is 7.29. The summed E-state index contributed by atoms with van der Waals surface area (Å²) < 4.78 is 0. The van der Waals surface area contributed by atoms with E-state index < -0.39 is 0 Å². The van der Waals surface area contributed by atoms with Crippen LogP contribution in [0.2, 0.25) is 0 Å². The van der Waals surface area contributed by atoms with E-state index >= 15 is 0 Å². The zero-order valence-corrected chi connectivity index (χ0v) is 9.54. The van der Waals surface area contributed by atoms with Gasteiger partial charge in [0.25, 0.3) is 0 Å². The maximum Gasteiger partial charge on any atom is 0.236 e. The summed E-state index contributed by atoms with van der Waals surface area (Å²) in [4.78, 5) is 16.1. The van der Waals surface area contributed by atoms with E-state index in [9.17, 15) is 4.79 Å². The van der Waals surface area contributed by atoms with Crippen LogP contribution in [0, 0.1) is 5.92 Å². The smallest absolute Gasteiger partial charge is 0.236 e. The summed E-state index contributed by atoms with van der Waals surface area (Å²) in [7, 11) is 0. The Bertz CT molecular complexity index is 226. The van der Waals surface area contributed by atoms with Gasteiger partial charge in [0.2, 0.25) is 5.91 Å². The standard InChI is InChI=1S/C11H21N3O/c1-2-13-5-6-14(11(15)9-13)8-10-3-4-12-7-10/h10,12H,2-9H2,1H3. The molecule has 0 bridgehead atoms. The van der Waals surface area contributed by atoms with Crippen LogP contribution in [0.4, 0.5) is 0 Å². The number of carbonyl (C=O) groups excluding carboxylic acids is 1. The van der Waals surface area contributed by atoms with Crippen LogP contribution in [-0.2, 0) is 4.79 Å². The topological polar surface area (TPSA) is 35.6 Å². The second-order valence-electron chi connectivity index (χ2n) is 4.57. The second-order valence-corrected chi connectivity index (χ2v) is 4.57. The Hall–Kier alpha value is -0.610. The fourth-order valence-electron chi connectivity index (χ4n) is 2.40. The van der Waals surface area contributed by atoms with Gasteiger partial charge in [0, 0.05) is 19.6 Å².